The van der Waals surface area contributed by atoms with Crippen molar-refractivity contribution in [1.29, 1.82) is 5.26 Å². The number of nitrogens with zero attached hydrogens (tertiary/aromatic N) is 3. The number of H-pyrrole nitrogens is 1. The van der Waals surface area contributed by atoms with Crippen molar-refractivity contribution >= 4 is 28.2 Å². The number of ketones is 1. The van der Waals surface area contributed by atoms with Gasteiger partial charge in [0.05, 0.1) is 43.0 Å². The van der Waals surface area contributed by atoms with Crippen molar-refractivity contribution in [2.45, 2.75) is 25.8 Å². The summed E-state index contributed by atoms with van der Waals surface area (Å²) in [5, 5.41) is 10.2. The van der Waals surface area contributed by atoms with Crippen molar-refractivity contribution in [1.82, 2.24) is 14.9 Å². The van der Waals surface area contributed by atoms with Gasteiger partial charge in [0.1, 0.15) is 11.3 Å². The maximum absolute atomic E-state index is 13.2. The van der Waals surface area contributed by atoms with Crippen LogP contribution in [0.25, 0.3) is 16.5 Å². The van der Waals surface area contributed by atoms with Crippen molar-refractivity contribution in [3.05, 3.63) is 59.4 Å². The summed E-state index contributed by atoms with van der Waals surface area (Å²) in [7, 11) is 2.96. The highest BCUT2D eigenvalue weighted by molar-refractivity contribution is 6.45. The molecular weight excluding hydrogens is 420 g/mol. The fraction of sp³-hybridized carbons (Fsp3) is 0.280. The van der Waals surface area contributed by atoms with Gasteiger partial charge >= 0.3 is 0 Å². The SMILES string of the molecule is COc1ncc(OC)c2c(C(=O)C(=O)N3CC/C(=C(\C#N)c4ccccc4)CC3C)c[nH]c12. The standard InChI is InChI=1S/C25H24N4O4/c1-15-11-17(18(12-26)16-7-5-4-6-8-16)9-10-29(15)25(31)23(30)19-13-27-22-21(19)20(32-2)14-28-24(22)33-3/h4-8,13-15,27H,9-11H2,1-3H3/b18-17-. The van der Waals surface area contributed by atoms with Gasteiger partial charge in [-0.05, 0) is 30.9 Å². The Morgan fingerprint density at radius 1 is 1.21 bits per heavy atom. The Kier molecular flexibility index (Phi) is 6.13. The molecule has 33 heavy (non-hydrogen) atoms. The summed E-state index contributed by atoms with van der Waals surface area (Å²) in [5.74, 6) is -0.529. The molecule has 1 aliphatic heterocycles. The van der Waals surface area contributed by atoms with E-state index in [2.05, 4.69) is 16.0 Å². The first-order valence-electron chi connectivity index (χ1n) is 10.6. The fourth-order valence-electron chi connectivity index (χ4n) is 4.35. The van der Waals surface area contributed by atoms with Crippen LogP contribution in [0.4, 0.5) is 0 Å². The van der Waals surface area contributed by atoms with Gasteiger partial charge in [0.25, 0.3) is 11.7 Å². The smallest absolute Gasteiger partial charge is 0.295 e. The number of likely N-dealkylation sites (tertiary alicyclic amines) is 1. The van der Waals surface area contributed by atoms with E-state index in [1.54, 1.807) is 4.90 Å². The summed E-state index contributed by atoms with van der Waals surface area (Å²) >= 11 is 0. The number of nitriles is 1. The third-order valence-electron chi connectivity index (χ3n) is 6.01. The fourth-order valence-corrected chi connectivity index (χ4v) is 4.35. The lowest BCUT2D eigenvalue weighted by atomic mass is 9.90. The van der Waals surface area contributed by atoms with Crippen LogP contribution in [0.3, 0.4) is 0 Å². The molecule has 0 radical (unpaired) electrons. The number of benzene rings is 1. The largest absolute Gasteiger partial charge is 0.494 e. The van der Waals surface area contributed by atoms with Crippen LogP contribution in [0.5, 0.6) is 11.6 Å². The van der Waals surface area contributed by atoms with Crippen LogP contribution in [0.15, 0.2) is 48.3 Å². The van der Waals surface area contributed by atoms with Crippen LogP contribution >= 0.6 is 0 Å². The molecule has 1 unspecified atom stereocenters. The average Bonchev–Trinajstić information content (AvgIpc) is 3.29. The van der Waals surface area contributed by atoms with Crippen LogP contribution in [-0.4, -0.2) is 53.4 Å². The molecule has 0 aliphatic carbocycles. The summed E-state index contributed by atoms with van der Waals surface area (Å²) < 4.78 is 10.6. The van der Waals surface area contributed by atoms with Gasteiger partial charge < -0.3 is 19.4 Å². The predicted molar refractivity (Wildman–Crippen MR) is 123 cm³/mol. The maximum Gasteiger partial charge on any atom is 0.295 e. The lowest BCUT2D eigenvalue weighted by molar-refractivity contribution is -0.128. The number of carbonyl (C=O) groups excluding carboxylic acids is 2. The van der Waals surface area contributed by atoms with E-state index in [4.69, 9.17) is 9.47 Å². The molecule has 1 saturated heterocycles. The zero-order valence-corrected chi connectivity index (χ0v) is 18.7. The molecule has 3 heterocycles. The number of pyridine rings is 1. The van der Waals surface area contributed by atoms with Gasteiger partial charge in [-0.25, -0.2) is 4.98 Å². The Labute approximate surface area is 191 Å². The second-order valence-corrected chi connectivity index (χ2v) is 7.88. The molecule has 0 bridgehead atoms. The molecule has 0 spiro atoms. The van der Waals surface area contributed by atoms with Crippen molar-refractivity contribution < 1.29 is 19.1 Å². The minimum atomic E-state index is -0.629. The van der Waals surface area contributed by atoms with E-state index in [1.165, 1.54) is 26.6 Å². The van der Waals surface area contributed by atoms with E-state index in [0.717, 1.165) is 11.1 Å². The van der Waals surface area contributed by atoms with Crippen LogP contribution < -0.4 is 9.47 Å². The van der Waals surface area contributed by atoms with Crippen molar-refractivity contribution in [2.24, 2.45) is 0 Å². The van der Waals surface area contributed by atoms with Crippen LogP contribution in [0, 0.1) is 11.3 Å². The van der Waals surface area contributed by atoms with Gasteiger partial charge in [0.15, 0.2) is 0 Å². The number of carbonyl (C=O) groups is 2. The molecule has 4 rings (SSSR count). The molecule has 168 valence electrons. The first-order chi connectivity index (χ1) is 16.0. The summed E-state index contributed by atoms with van der Waals surface area (Å²) in [4.78, 5) is 35.2. The summed E-state index contributed by atoms with van der Waals surface area (Å²) in [5.41, 5.74) is 3.21. The molecule has 0 saturated carbocycles. The normalized spacial score (nSPS) is 17.4. The second-order valence-electron chi connectivity index (χ2n) is 7.88. The minimum Gasteiger partial charge on any atom is -0.494 e. The molecule has 1 fully saturated rings. The third kappa shape index (κ3) is 3.94. The molecule has 1 atom stereocenters. The van der Waals surface area contributed by atoms with E-state index in [0.29, 0.717) is 47.5 Å². The Bertz CT molecular complexity index is 1290. The molecule has 8 heteroatoms. The van der Waals surface area contributed by atoms with E-state index in [9.17, 15) is 14.9 Å². The molecule has 1 aromatic carbocycles. The highest BCUT2D eigenvalue weighted by Gasteiger charge is 2.33. The molecule has 1 N–H and O–H groups in total. The van der Waals surface area contributed by atoms with Crippen molar-refractivity contribution in [3.8, 4) is 17.7 Å². The number of allylic oxidation sites excluding steroid dienone is 1. The van der Waals surface area contributed by atoms with Gasteiger partial charge in [-0.1, -0.05) is 30.3 Å². The summed E-state index contributed by atoms with van der Waals surface area (Å²) in [6.45, 7) is 2.26. The van der Waals surface area contributed by atoms with Gasteiger partial charge in [-0.2, -0.15) is 5.26 Å². The molecule has 3 aromatic rings. The number of aromatic nitrogens is 2. The van der Waals surface area contributed by atoms with Crippen LogP contribution in [0.2, 0.25) is 0 Å². The average molecular weight is 444 g/mol. The first kappa shape index (κ1) is 22.1. The highest BCUT2D eigenvalue weighted by atomic mass is 16.5. The van der Waals surface area contributed by atoms with Gasteiger partial charge in [0.2, 0.25) is 5.88 Å². The van der Waals surface area contributed by atoms with E-state index >= 15 is 0 Å². The number of hydrogen-bond donors (Lipinski definition) is 1. The number of hydrogen-bond acceptors (Lipinski definition) is 6. The topological polar surface area (TPSA) is 108 Å². The number of piperidine rings is 1. The minimum absolute atomic E-state index is 0.211. The highest BCUT2D eigenvalue weighted by Crippen LogP contribution is 2.34. The monoisotopic (exact) mass is 444 g/mol. The molecule has 2 aromatic heterocycles. The van der Waals surface area contributed by atoms with Crippen LogP contribution in [-0.2, 0) is 4.79 Å². The second kappa shape index (κ2) is 9.17. The molecule has 8 nitrogen and oxygen atoms in total. The molecule has 1 aliphatic rings. The van der Waals surface area contributed by atoms with Gasteiger partial charge in [0, 0.05) is 18.8 Å². The summed E-state index contributed by atoms with van der Waals surface area (Å²) in [6.07, 6.45) is 4.02. The predicted octanol–water partition coefficient (Wildman–Crippen LogP) is 3.75. The number of ether oxygens (including phenoxy) is 2. The molecule has 1 amide bonds. The maximum atomic E-state index is 13.2. The number of rotatable bonds is 5. The Balaban J connectivity index is 1.61. The number of aromatic amines is 1. The van der Waals surface area contributed by atoms with Gasteiger partial charge in [-0.3, -0.25) is 9.59 Å². The van der Waals surface area contributed by atoms with E-state index < -0.39 is 11.7 Å². The van der Waals surface area contributed by atoms with Gasteiger partial charge in [-0.15, -0.1) is 0 Å². The molecular formula is C25H24N4O4. The van der Waals surface area contributed by atoms with E-state index in [-0.39, 0.29) is 11.6 Å². The number of nitrogens with one attached hydrogen (secondary N) is 1. The number of methoxy groups -OCH3 is 2. The Morgan fingerprint density at radius 3 is 2.61 bits per heavy atom. The lowest BCUT2D eigenvalue weighted by Crippen LogP contribution is -2.46. The summed E-state index contributed by atoms with van der Waals surface area (Å²) in [6, 6.07) is 11.6. The lowest BCUT2D eigenvalue weighted by Gasteiger charge is -2.34. The number of amides is 1. The van der Waals surface area contributed by atoms with Crippen molar-refractivity contribution in [3.63, 3.8) is 0 Å². The third-order valence-corrected chi connectivity index (χ3v) is 6.01. The number of fused-ring (bicyclic) bond motifs is 1. The quantitative estimate of drug-likeness (QED) is 0.365. The van der Waals surface area contributed by atoms with E-state index in [1.807, 2.05) is 37.3 Å². The van der Waals surface area contributed by atoms with Crippen molar-refractivity contribution in [2.75, 3.05) is 20.8 Å². The Hall–Kier alpha value is -4.12. The number of Topliss-reactive ketones (excluding diaryl/α,β-unsaturated/α-hetero) is 1. The first-order valence-corrected chi connectivity index (χ1v) is 10.6. The zero-order valence-electron chi connectivity index (χ0n) is 18.7. The van der Waals surface area contributed by atoms with Crippen LogP contribution in [0.1, 0.15) is 35.7 Å². The Morgan fingerprint density at radius 2 is 1.97 bits per heavy atom. The zero-order chi connectivity index (χ0) is 23.5.